The van der Waals surface area contributed by atoms with E-state index >= 15 is 0 Å². The maximum atomic E-state index is 12.6. The summed E-state index contributed by atoms with van der Waals surface area (Å²) in [5, 5.41) is 6.73. The first kappa shape index (κ1) is 12.3. The summed E-state index contributed by atoms with van der Waals surface area (Å²) in [6.45, 7) is 0.128. The van der Waals surface area contributed by atoms with Crippen molar-refractivity contribution < 1.29 is 17.9 Å². The highest BCUT2D eigenvalue weighted by Gasteiger charge is 2.38. The van der Waals surface area contributed by atoms with E-state index < -0.39 is 11.9 Å². The lowest BCUT2D eigenvalue weighted by molar-refractivity contribution is -0.145. The van der Waals surface area contributed by atoms with Crippen molar-refractivity contribution >= 4 is 11.6 Å². The second-order valence-electron chi connectivity index (χ2n) is 2.73. The summed E-state index contributed by atoms with van der Waals surface area (Å²) >= 11 is 5.34. The molecule has 0 aliphatic heterocycles. The Morgan fingerprint density at radius 1 is 1.47 bits per heavy atom. The maximum absolute atomic E-state index is 12.6. The zero-order chi connectivity index (χ0) is 11.5. The molecule has 1 heterocycles. The van der Waals surface area contributed by atoms with Crippen LogP contribution in [0.3, 0.4) is 0 Å². The minimum absolute atomic E-state index is 0.00473. The van der Waals surface area contributed by atoms with E-state index in [1.807, 2.05) is 0 Å². The van der Waals surface area contributed by atoms with E-state index in [-0.39, 0.29) is 24.7 Å². The molecule has 0 bridgehead atoms. The van der Waals surface area contributed by atoms with E-state index in [9.17, 15) is 13.2 Å². The molecule has 4 nitrogen and oxygen atoms in total. The normalized spacial score (nSPS) is 12.1. The predicted octanol–water partition coefficient (Wildman–Crippen LogP) is 1.68. The molecule has 86 valence electrons. The fourth-order valence-electron chi connectivity index (χ4n) is 1.08. The van der Waals surface area contributed by atoms with Gasteiger partial charge in [-0.3, -0.25) is 0 Å². The van der Waals surface area contributed by atoms with Gasteiger partial charge in [-0.1, -0.05) is 5.21 Å². The first-order chi connectivity index (χ1) is 7.00. The smallest absolute Gasteiger partial charge is 0.383 e. The minimum Gasteiger partial charge on any atom is -0.383 e. The van der Waals surface area contributed by atoms with Gasteiger partial charge in [0.1, 0.15) is 5.69 Å². The van der Waals surface area contributed by atoms with E-state index in [1.165, 1.54) is 7.11 Å². The molecule has 0 saturated heterocycles. The fraction of sp³-hybridized carbons (Fsp3) is 0.714. The predicted molar refractivity (Wildman–Crippen MR) is 46.5 cm³/mol. The van der Waals surface area contributed by atoms with Crippen LogP contribution >= 0.6 is 11.6 Å². The Bertz CT molecular complexity index is 326. The SMILES string of the molecule is COCCn1nnc(CCl)c1C(F)(F)F. The average Bonchev–Trinajstić information content (AvgIpc) is 2.56. The van der Waals surface area contributed by atoms with Crippen molar-refractivity contribution in [3.05, 3.63) is 11.4 Å². The number of ether oxygens (including phenoxy) is 1. The molecule has 1 aromatic heterocycles. The Morgan fingerprint density at radius 2 is 2.13 bits per heavy atom. The van der Waals surface area contributed by atoms with Crippen molar-refractivity contribution in [2.24, 2.45) is 0 Å². The standard InChI is InChI=1S/C7H9ClF3N3O/c1-15-3-2-14-6(7(9,10)11)5(4-8)12-13-14/h2-4H2,1H3. The third kappa shape index (κ3) is 2.82. The number of alkyl halides is 4. The number of hydrogen-bond donors (Lipinski definition) is 0. The van der Waals surface area contributed by atoms with Crippen molar-refractivity contribution in [3.8, 4) is 0 Å². The van der Waals surface area contributed by atoms with E-state index in [4.69, 9.17) is 11.6 Å². The number of aromatic nitrogens is 3. The number of rotatable bonds is 4. The Hall–Kier alpha value is -0.820. The van der Waals surface area contributed by atoms with Crippen molar-refractivity contribution in [1.29, 1.82) is 0 Å². The van der Waals surface area contributed by atoms with Gasteiger partial charge in [-0.2, -0.15) is 13.2 Å². The van der Waals surface area contributed by atoms with E-state index in [0.29, 0.717) is 0 Å². The van der Waals surface area contributed by atoms with Gasteiger partial charge in [-0.25, -0.2) is 4.68 Å². The lowest BCUT2D eigenvalue weighted by Gasteiger charge is -2.09. The average molecular weight is 244 g/mol. The van der Waals surface area contributed by atoms with E-state index in [0.717, 1.165) is 4.68 Å². The van der Waals surface area contributed by atoms with Crippen LogP contribution in [0.25, 0.3) is 0 Å². The highest BCUT2D eigenvalue weighted by atomic mass is 35.5. The fourth-order valence-corrected chi connectivity index (χ4v) is 1.26. The van der Waals surface area contributed by atoms with Crippen molar-refractivity contribution in [1.82, 2.24) is 15.0 Å². The molecule has 0 fully saturated rings. The van der Waals surface area contributed by atoms with Gasteiger partial charge in [0.25, 0.3) is 0 Å². The maximum Gasteiger partial charge on any atom is 0.434 e. The molecule has 0 amide bonds. The van der Waals surface area contributed by atoms with Crippen LogP contribution in [0, 0.1) is 0 Å². The van der Waals surface area contributed by atoms with Crippen molar-refractivity contribution in [3.63, 3.8) is 0 Å². The van der Waals surface area contributed by atoms with Crippen LogP contribution in [0.15, 0.2) is 0 Å². The summed E-state index contributed by atoms with van der Waals surface area (Å²) in [5.74, 6) is -0.318. The lowest BCUT2D eigenvalue weighted by atomic mass is 10.3. The van der Waals surface area contributed by atoms with Crippen LogP contribution in [-0.4, -0.2) is 28.7 Å². The Labute approximate surface area is 89.0 Å². The zero-order valence-electron chi connectivity index (χ0n) is 7.88. The van der Waals surface area contributed by atoms with Gasteiger partial charge >= 0.3 is 6.18 Å². The number of halogens is 4. The molecule has 1 rings (SSSR count). The van der Waals surface area contributed by atoms with Crippen molar-refractivity contribution in [2.45, 2.75) is 18.6 Å². The molecule has 0 atom stereocenters. The van der Waals surface area contributed by atoms with E-state index in [2.05, 4.69) is 15.0 Å². The molecule has 1 aromatic rings. The van der Waals surface area contributed by atoms with Crippen LogP contribution < -0.4 is 0 Å². The molecular formula is C7H9ClF3N3O. The monoisotopic (exact) mass is 243 g/mol. The third-order valence-corrected chi connectivity index (χ3v) is 1.96. The molecule has 0 aromatic carbocycles. The van der Waals surface area contributed by atoms with Gasteiger partial charge in [-0.05, 0) is 0 Å². The number of methoxy groups -OCH3 is 1. The molecule has 0 spiro atoms. The van der Waals surface area contributed by atoms with Gasteiger partial charge in [0.2, 0.25) is 0 Å². The topological polar surface area (TPSA) is 39.9 Å². The second-order valence-corrected chi connectivity index (χ2v) is 3.00. The Morgan fingerprint density at radius 3 is 2.60 bits per heavy atom. The van der Waals surface area contributed by atoms with Gasteiger partial charge in [0, 0.05) is 7.11 Å². The van der Waals surface area contributed by atoms with Gasteiger partial charge in [0.05, 0.1) is 19.0 Å². The van der Waals surface area contributed by atoms with E-state index in [1.54, 1.807) is 0 Å². The largest absolute Gasteiger partial charge is 0.434 e. The Kier molecular flexibility index (Phi) is 3.92. The highest BCUT2D eigenvalue weighted by Crippen LogP contribution is 2.31. The molecular weight excluding hydrogens is 235 g/mol. The summed E-state index contributed by atoms with van der Waals surface area (Å²) in [4.78, 5) is 0. The van der Waals surface area contributed by atoms with Crippen LogP contribution in [0.1, 0.15) is 11.4 Å². The van der Waals surface area contributed by atoms with Crippen LogP contribution in [0.4, 0.5) is 13.2 Å². The molecule has 0 radical (unpaired) electrons. The minimum atomic E-state index is -4.50. The molecule has 15 heavy (non-hydrogen) atoms. The first-order valence-corrected chi connectivity index (χ1v) is 4.58. The number of hydrogen-bond acceptors (Lipinski definition) is 3. The van der Waals surface area contributed by atoms with Crippen LogP contribution in [0.5, 0.6) is 0 Å². The molecule has 0 N–H and O–H groups in total. The lowest BCUT2D eigenvalue weighted by Crippen LogP contribution is -2.18. The first-order valence-electron chi connectivity index (χ1n) is 4.05. The van der Waals surface area contributed by atoms with Crippen LogP contribution in [-0.2, 0) is 23.3 Å². The third-order valence-electron chi connectivity index (χ3n) is 1.71. The number of nitrogens with zero attached hydrogens (tertiary/aromatic N) is 3. The summed E-state index contributed by atoms with van der Waals surface area (Å²) < 4.78 is 43.1. The molecule has 8 heteroatoms. The van der Waals surface area contributed by atoms with Crippen LogP contribution in [0.2, 0.25) is 0 Å². The Balaban J connectivity index is 3.01. The quantitative estimate of drug-likeness (QED) is 0.756. The second kappa shape index (κ2) is 4.80. The van der Waals surface area contributed by atoms with Gasteiger partial charge < -0.3 is 4.74 Å². The summed E-state index contributed by atoms with van der Waals surface area (Å²) in [7, 11) is 1.40. The van der Waals surface area contributed by atoms with Gasteiger partial charge in [0.15, 0.2) is 5.69 Å². The molecule has 0 unspecified atom stereocenters. The summed E-state index contributed by atoms with van der Waals surface area (Å²) in [6.07, 6.45) is -4.50. The summed E-state index contributed by atoms with van der Waals surface area (Å²) in [5.41, 5.74) is -1.17. The summed E-state index contributed by atoms with van der Waals surface area (Å²) in [6, 6.07) is 0. The van der Waals surface area contributed by atoms with Gasteiger partial charge in [-0.15, -0.1) is 16.7 Å². The van der Waals surface area contributed by atoms with Crippen molar-refractivity contribution in [2.75, 3.05) is 13.7 Å². The zero-order valence-corrected chi connectivity index (χ0v) is 8.64. The highest BCUT2D eigenvalue weighted by molar-refractivity contribution is 6.16. The molecule has 0 saturated carbocycles. The molecule has 0 aliphatic rings. The molecule has 0 aliphatic carbocycles.